The highest BCUT2D eigenvalue weighted by Gasteiger charge is 2.27. The fourth-order valence-corrected chi connectivity index (χ4v) is 5.90. The summed E-state index contributed by atoms with van der Waals surface area (Å²) in [7, 11) is 0. The van der Waals surface area contributed by atoms with Crippen LogP contribution in [0.5, 0.6) is 5.75 Å². The molecule has 0 spiro atoms. The Balaban J connectivity index is 1.24. The predicted molar refractivity (Wildman–Crippen MR) is 168 cm³/mol. The first kappa shape index (κ1) is 23.7. The van der Waals surface area contributed by atoms with E-state index in [9.17, 15) is 0 Å². The maximum atomic E-state index is 6.40. The van der Waals surface area contributed by atoms with Crippen molar-refractivity contribution in [1.29, 1.82) is 0 Å². The average Bonchev–Trinajstić information content (AvgIpc) is 3.50. The van der Waals surface area contributed by atoms with Gasteiger partial charge in [-0.15, -0.1) is 0 Å². The highest BCUT2D eigenvalue weighted by atomic mass is 16.5. The van der Waals surface area contributed by atoms with Gasteiger partial charge in [0.25, 0.3) is 0 Å². The molecule has 0 saturated carbocycles. The smallest absolute Gasteiger partial charge is 0.196 e. The lowest BCUT2D eigenvalue weighted by Crippen LogP contribution is -2.33. The van der Waals surface area contributed by atoms with Gasteiger partial charge >= 0.3 is 0 Å². The minimum Gasteiger partial charge on any atom is -0.464 e. The molecule has 3 aliphatic rings. The van der Waals surface area contributed by atoms with E-state index in [1.54, 1.807) is 0 Å². The minimum absolute atomic E-state index is 0.173. The fourth-order valence-electron chi connectivity index (χ4n) is 5.90. The van der Waals surface area contributed by atoms with Crippen LogP contribution in [0.25, 0.3) is 21.5 Å². The number of amidine groups is 2. The second-order valence-corrected chi connectivity index (χ2v) is 10.6. The van der Waals surface area contributed by atoms with E-state index in [-0.39, 0.29) is 12.4 Å². The largest absolute Gasteiger partial charge is 0.464 e. The van der Waals surface area contributed by atoms with Gasteiger partial charge in [-0.05, 0) is 46.7 Å². The van der Waals surface area contributed by atoms with E-state index in [4.69, 9.17) is 14.7 Å². The number of nitrogens with zero attached hydrogens (tertiary/aromatic N) is 2. The molecule has 0 amide bonds. The molecule has 5 aromatic carbocycles. The molecule has 8 rings (SSSR count). The van der Waals surface area contributed by atoms with Crippen LogP contribution in [0.1, 0.15) is 35.7 Å². The second kappa shape index (κ2) is 9.79. The Kier molecular flexibility index (Phi) is 5.66. The van der Waals surface area contributed by atoms with Gasteiger partial charge in [0, 0.05) is 22.1 Å². The number of allylic oxidation sites excluding steroid dienone is 2. The molecule has 0 radical (unpaired) electrons. The molecule has 2 unspecified atom stereocenters. The molecule has 1 aliphatic carbocycles. The van der Waals surface area contributed by atoms with Crippen LogP contribution in [0, 0.1) is 0 Å². The molecule has 2 aliphatic heterocycles. The van der Waals surface area contributed by atoms with E-state index in [1.165, 1.54) is 27.1 Å². The van der Waals surface area contributed by atoms with E-state index in [2.05, 4.69) is 95.6 Å². The number of fused-ring (bicyclic) bond motifs is 5. The molecule has 2 atom stereocenters. The quantitative estimate of drug-likeness (QED) is 0.231. The summed E-state index contributed by atoms with van der Waals surface area (Å²) in [5.41, 5.74) is 5.33. The molecule has 198 valence electrons. The molecule has 41 heavy (non-hydrogen) atoms. The number of aliphatic imine (C=N–C) groups is 2. The van der Waals surface area contributed by atoms with E-state index in [0.717, 1.165) is 52.6 Å². The molecule has 2 heterocycles. The summed E-state index contributed by atoms with van der Waals surface area (Å²) in [6.07, 6.45) is 8.33. The highest BCUT2D eigenvalue weighted by Crippen LogP contribution is 2.43. The number of hydrogen-bond acceptors (Lipinski definition) is 5. The molecule has 0 saturated heterocycles. The SMILES string of the molecule is C1=CC(C2Nc3c(ccc4ccc5ccc(C6N=C(c7ccccc7)N=C(c7ccccc7)N6)cc5c34)O2)=CCC1. The van der Waals surface area contributed by atoms with Gasteiger partial charge in [0.05, 0.1) is 5.69 Å². The summed E-state index contributed by atoms with van der Waals surface area (Å²) < 4.78 is 6.40. The van der Waals surface area contributed by atoms with Crippen molar-refractivity contribution in [1.82, 2.24) is 5.32 Å². The zero-order chi connectivity index (χ0) is 27.2. The molecule has 0 aromatic heterocycles. The van der Waals surface area contributed by atoms with Crippen molar-refractivity contribution >= 4 is 38.9 Å². The third kappa shape index (κ3) is 4.27. The first-order chi connectivity index (χ1) is 20.3. The van der Waals surface area contributed by atoms with Crippen molar-refractivity contribution in [2.24, 2.45) is 9.98 Å². The Bertz CT molecular complexity index is 1920. The summed E-state index contributed by atoms with van der Waals surface area (Å²) in [6, 6.07) is 35.7. The van der Waals surface area contributed by atoms with Gasteiger partial charge in [-0.1, -0.05) is 109 Å². The topological polar surface area (TPSA) is 58.0 Å². The monoisotopic (exact) mass is 532 g/mol. The van der Waals surface area contributed by atoms with Crippen molar-refractivity contribution < 1.29 is 4.74 Å². The third-order valence-electron chi connectivity index (χ3n) is 7.97. The van der Waals surface area contributed by atoms with Crippen LogP contribution >= 0.6 is 0 Å². The third-order valence-corrected chi connectivity index (χ3v) is 7.97. The van der Waals surface area contributed by atoms with Crippen molar-refractivity contribution in [3.05, 3.63) is 144 Å². The summed E-state index contributed by atoms with van der Waals surface area (Å²) >= 11 is 0. The number of benzene rings is 5. The van der Waals surface area contributed by atoms with Crippen LogP contribution in [-0.4, -0.2) is 17.9 Å². The second-order valence-electron chi connectivity index (χ2n) is 10.6. The molecule has 0 fully saturated rings. The van der Waals surface area contributed by atoms with E-state index in [1.807, 2.05) is 36.4 Å². The Hall–Kier alpha value is -5.16. The van der Waals surface area contributed by atoms with Crippen molar-refractivity contribution in [2.45, 2.75) is 25.2 Å². The number of hydrogen-bond donors (Lipinski definition) is 2. The number of nitrogens with one attached hydrogen (secondary N) is 2. The van der Waals surface area contributed by atoms with E-state index in [0.29, 0.717) is 0 Å². The van der Waals surface area contributed by atoms with Crippen LogP contribution in [0.15, 0.2) is 137 Å². The average molecular weight is 533 g/mol. The number of ether oxygens (including phenoxy) is 1. The standard InChI is InChI=1S/C36H28N4O/c1-4-10-25(11-5-1)33-38-34(26-12-6-2-7-13-26)40-35(39-33)28-19-17-23-16-18-24-20-21-30-32(31(24)29(23)22-28)37-36(41-30)27-14-8-3-9-15-27/h1-2,4-8,10-22,35-37H,3,9H2,(H,38,39,40). The normalized spacial score (nSPS) is 19.5. The van der Waals surface area contributed by atoms with Crippen molar-refractivity contribution in [3.8, 4) is 5.75 Å². The summed E-state index contributed by atoms with van der Waals surface area (Å²) in [5.74, 6) is 2.42. The zero-order valence-electron chi connectivity index (χ0n) is 22.4. The van der Waals surface area contributed by atoms with Crippen LogP contribution in [-0.2, 0) is 0 Å². The predicted octanol–water partition coefficient (Wildman–Crippen LogP) is 7.90. The zero-order valence-corrected chi connectivity index (χ0v) is 22.4. The van der Waals surface area contributed by atoms with Gasteiger partial charge in [0.15, 0.2) is 12.1 Å². The summed E-state index contributed by atoms with van der Waals surface area (Å²) in [5, 5.41) is 12.0. The molecular formula is C36H28N4O. The summed E-state index contributed by atoms with van der Waals surface area (Å²) in [4.78, 5) is 10.0. The molecular weight excluding hydrogens is 504 g/mol. The molecule has 0 bridgehead atoms. The fraction of sp³-hybridized carbons (Fsp3) is 0.111. The Morgan fingerprint density at radius 1 is 0.732 bits per heavy atom. The van der Waals surface area contributed by atoms with Crippen LogP contribution in [0.3, 0.4) is 0 Å². The molecule has 5 nitrogen and oxygen atoms in total. The maximum absolute atomic E-state index is 6.40. The lowest BCUT2D eigenvalue weighted by Gasteiger charge is -2.24. The van der Waals surface area contributed by atoms with E-state index >= 15 is 0 Å². The van der Waals surface area contributed by atoms with Crippen LogP contribution in [0.4, 0.5) is 5.69 Å². The maximum Gasteiger partial charge on any atom is 0.196 e. The Labute approximate surface area is 238 Å². The molecule has 2 N–H and O–H groups in total. The van der Waals surface area contributed by atoms with Crippen molar-refractivity contribution in [3.63, 3.8) is 0 Å². The van der Waals surface area contributed by atoms with Gasteiger partial charge < -0.3 is 15.4 Å². The molecule has 5 aromatic rings. The molecule has 5 heteroatoms. The summed E-state index contributed by atoms with van der Waals surface area (Å²) in [6.45, 7) is 0. The first-order valence-electron chi connectivity index (χ1n) is 14.1. The lowest BCUT2D eigenvalue weighted by molar-refractivity contribution is 0.293. The lowest BCUT2D eigenvalue weighted by atomic mass is 9.97. The highest BCUT2D eigenvalue weighted by molar-refractivity contribution is 6.16. The number of anilines is 1. The first-order valence-corrected chi connectivity index (χ1v) is 14.1. The van der Waals surface area contributed by atoms with Gasteiger partial charge in [0.2, 0.25) is 0 Å². The van der Waals surface area contributed by atoms with Gasteiger partial charge in [0.1, 0.15) is 17.8 Å². The number of rotatable bonds is 4. The Morgan fingerprint density at radius 3 is 2.29 bits per heavy atom. The van der Waals surface area contributed by atoms with E-state index < -0.39 is 0 Å². The van der Waals surface area contributed by atoms with Gasteiger partial charge in [-0.2, -0.15) is 0 Å². The van der Waals surface area contributed by atoms with Crippen LogP contribution < -0.4 is 15.4 Å². The minimum atomic E-state index is -0.288. The van der Waals surface area contributed by atoms with Crippen LogP contribution in [0.2, 0.25) is 0 Å². The van der Waals surface area contributed by atoms with Crippen molar-refractivity contribution in [2.75, 3.05) is 5.32 Å². The Morgan fingerprint density at radius 2 is 1.49 bits per heavy atom. The van der Waals surface area contributed by atoms with Gasteiger partial charge in [-0.3, -0.25) is 0 Å². The van der Waals surface area contributed by atoms with Gasteiger partial charge in [-0.25, -0.2) is 9.98 Å².